The number of halogens is 3. The van der Waals surface area contributed by atoms with Gasteiger partial charge < -0.3 is 20.1 Å². The van der Waals surface area contributed by atoms with Crippen molar-refractivity contribution in [2.24, 2.45) is 0 Å². The Kier molecular flexibility index (Phi) is 8.35. The predicted molar refractivity (Wildman–Crippen MR) is 143 cm³/mol. The predicted octanol–water partition coefficient (Wildman–Crippen LogP) is 6.64. The van der Waals surface area contributed by atoms with Crippen LogP contribution in [0.15, 0.2) is 73.1 Å². The fraction of sp³-hybridized carbons (Fsp3) is 0.115. The summed E-state index contributed by atoms with van der Waals surface area (Å²) in [5.74, 6) is 0.827. The molecule has 3 aromatic carbocycles. The average molecular weight is 572 g/mol. The molecule has 0 aliphatic rings. The van der Waals surface area contributed by atoms with Crippen LogP contribution in [-0.2, 0) is 11.4 Å². The molecular weight excluding hydrogens is 551 g/mol. The van der Waals surface area contributed by atoms with Crippen LogP contribution in [0, 0.1) is 5.82 Å². The van der Waals surface area contributed by atoms with Gasteiger partial charge in [0.25, 0.3) is 0 Å². The average Bonchev–Trinajstić information content (AvgIpc) is 2.87. The number of ether oxygens (including phenoxy) is 2. The Bertz CT molecular complexity index is 1430. The zero-order valence-electron chi connectivity index (χ0n) is 19.1. The number of benzene rings is 3. The van der Waals surface area contributed by atoms with Gasteiger partial charge in [0.05, 0.1) is 23.3 Å². The number of hydrogen-bond donors (Lipinski definition) is 2. The van der Waals surface area contributed by atoms with E-state index in [4.69, 9.17) is 21.1 Å². The first-order valence-corrected chi connectivity index (χ1v) is 12.3. The molecule has 1 aromatic heterocycles. The van der Waals surface area contributed by atoms with Crippen molar-refractivity contribution >= 4 is 61.5 Å². The number of allylic oxidation sites excluding steroid dienone is 1. The zero-order chi connectivity index (χ0) is 25.5. The second-order valence-corrected chi connectivity index (χ2v) is 8.58. The molecule has 0 spiro atoms. The van der Waals surface area contributed by atoms with E-state index in [9.17, 15) is 9.18 Å². The van der Waals surface area contributed by atoms with Gasteiger partial charge in [-0.25, -0.2) is 14.4 Å². The summed E-state index contributed by atoms with van der Waals surface area (Å²) in [4.78, 5) is 20.9. The molecule has 0 fully saturated rings. The Morgan fingerprint density at radius 3 is 2.75 bits per heavy atom. The second kappa shape index (κ2) is 11.8. The highest BCUT2D eigenvalue weighted by molar-refractivity contribution is 9.09. The van der Waals surface area contributed by atoms with Gasteiger partial charge in [-0.3, -0.25) is 4.79 Å². The lowest BCUT2D eigenvalue weighted by Gasteiger charge is -2.14. The second-order valence-electron chi connectivity index (χ2n) is 7.53. The summed E-state index contributed by atoms with van der Waals surface area (Å²) in [6.45, 7) is 0.183. The van der Waals surface area contributed by atoms with Gasteiger partial charge in [0.15, 0.2) is 0 Å². The lowest BCUT2D eigenvalue weighted by Crippen LogP contribution is -2.09. The van der Waals surface area contributed by atoms with Crippen LogP contribution < -0.4 is 20.1 Å². The molecule has 0 saturated carbocycles. The van der Waals surface area contributed by atoms with Crippen LogP contribution in [0.5, 0.6) is 11.5 Å². The Morgan fingerprint density at radius 2 is 2.00 bits per heavy atom. The number of fused-ring (bicyclic) bond motifs is 1. The van der Waals surface area contributed by atoms with Gasteiger partial charge in [-0.05, 0) is 42.0 Å². The van der Waals surface area contributed by atoms with Gasteiger partial charge in [0, 0.05) is 28.5 Å². The van der Waals surface area contributed by atoms with Crippen LogP contribution in [0.4, 0.5) is 21.6 Å². The van der Waals surface area contributed by atoms with Gasteiger partial charge in [0.2, 0.25) is 5.91 Å². The van der Waals surface area contributed by atoms with E-state index >= 15 is 0 Å². The van der Waals surface area contributed by atoms with Gasteiger partial charge >= 0.3 is 0 Å². The Hall–Kier alpha value is -3.69. The van der Waals surface area contributed by atoms with E-state index < -0.39 is 0 Å². The van der Waals surface area contributed by atoms with Crippen molar-refractivity contribution in [2.75, 3.05) is 23.1 Å². The largest absolute Gasteiger partial charge is 0.494 e. The third-order valence-corrected chi connectivity index (χ3v) is 5.72. The molecule has 0 aliphatic carbocycles. The van der Waals surface area contributed by atoms with Crippen LogP contribution in [-0.4, -0.2) is 28.3 Å². The number of carbonyl (C=O) groups excluding carboxylic acids is 1. The van der Waals surface area contributed by atoms with Crippen LogP contribution in [0.3, 0.4) is 0 Å². The zero-order valence-corrected chi connectivity index (χ0v) is 21.4. The van der Waals surface area contributed by atoms with E-state index in [1.54, 1.807) is 48.5 Å². The molecule has 2 N–H and O–H groups in total. The maximum absolute atomic E-state index is 13.4. The molecule has 0 saturated heterocycles. The molecule has 10 heteroatoms. The summed E-state index contributed by atoms with van der Waals surface area (Å²) in [5.41, 5.74) is 2.46. The molecule has 4 rings (SSSR count). The van der Waals surface area contributed by atoms with Crippen LogP contribution >= 0.6 is 27.5 Å². The molecule has 36 heavy (non-hydrogen) atoms. The smallest absolute Gasteiger partial charge is 0.248 e. The molecule has 7 nitrogen and oxygen atoms in total. The molecule has 4 aromatic rings. The minimum atomic E-state index is -0.324. The number of rotatable bonds is 9. The first-order chi connectivity index (χ1) is 17.5. The number of aromatic nitrogens is 2. The van der Waals surface area contributed by atoms with Crippen LogP contribution in [0.2, 0.25) is 5.02 Å². The van der Waals surface area contributed by atoms with Crippen molar-refractivity contribution in [2.45, 2.75) is 6.61 Å². The Morgan fingerprint density at radius 1 is 1.14 bits per heavy atom. The summed E-state index contributed by atoms with van der Waals surface area (Å²) in [6.07, 6.45) is 4.55. The summed E-state index contributed by atoms with van der Waals surface area (Å²) in [6, 6.07) is 14.9. The van der Waals surface area contributed by atoms with Crippen molar-refractivity contribution in [1.82, 2.24) is 9.97 Å². The first kappa shape index (κ1) is 25.4. The number of carbonyl (C=O) groups is 1. The highest BCUT2D eigenvalue weighted by Crippen LogP contribution is 2.34. The number of anilines is 3. The summed E-state index contributed by atoms with van der Waals surface area (Å²) in [7, 11) is 1.52. The quantitative estimate of drug-likeness (QED) is 0.173. The minimum Gasteiger partial charge on any atom is -0.494 e. The maximum atomic E-state index is 13.4. The van der Waals surface area contributed by atoms with E-state index in [0.29, 0.717) is 55.5 Å². The maximum Gasteiger partial charge on any atom is 0.248 e. The molecule has 0 atom stereocenters. The number of nitrogens with zero attached hydrogens (tertiary/aromatic N) is 2. The molecule has 1 heterocycles. The van der Waals surface area contributed by atoms with Crippen molar-refractivity contribution in [3.05, 3.63) is 89.5 Å². The summed E-state index contributed by atoms with van der Waals surface area (Å²) < 4.78 is 24.6. The number of amides is 1. The van der Waals surface area contributed by atoms with Crippen molar-refractivity contribution in [3.63, 3.8) is 0 Å². The van der Waals surface area contributed by atoms with Crippen molar-refractivity contribution < 1.29 is 18.7 Å². The summed E-state index contributed by atoms with van der Waals surface area (Å²) >= 11 is 9.68. The summed E-state index contributed by atoms with van der Waals surface area (Å²) in [5, 5.41) is 7.65. The Balaban J connectivity index is 1.56. The van der Waals surface area contributed by atoms with Gasteiger partial charge in [0.1, 0.15) is 36.1 Å². The highest BCUT2D eigenvalue weighted by atomic mass is 79.9. The third-order valence-electron chi connectivity index (χ3n) is 5.05. The minimum absolute atomic E-state index is 0.183. The third kappa shape index (κ3) is 6.30. The topological polar surface area (TPSA) is 85.4 Å². The molecule has 0 radical (unpaired) electrons. The highest BCUT2D eigenvalue weighted by Gasteiger charge is 2.13. The normalized spacial score (nSPS) is 11.0. The van der Waals surface area contributed by atoms with Gasteiger partial charge in [-0.1, -0.05) is 45.7 Å². The number of nitrogens with one attached hydrogen (secondary N) is 2. The fourth-order valence-corrected chi connectivity index (χ4v) is 3.82. The molecule has 0 bridgehead atoms. The van der Waals surface area contributed by atoms with E-state index in [0.717, 1.165) is 0 Å². The van der Waals surface area contributed by atoms with Crippen LogP contribution in [0.1, 0.15) is 5.56 Å². The lowest BCUT2D eigenvalue weighted by atomic mass is 10.1. The molecule has 184 valence electrons. The number of alkyl halides is 1. The van der Waals surface area contributed by atoms with Gasteiger partial charge in [-0.15, -0.1) is 0 Å². The first-order valence-electron chi connectivity index (χ1n) is 10.8. The monoisotopic (exact) mass is 570 g/mol. The lowest BCUT2D eigenvalue weighted by molar-refractivity contribution is -0.111. The SMILES string of the molecule is COc1cc2ncnc(Nc3ccc(OCc4cccc(F)c4)c(Cl)c3)c2cc1NC(=O)/C=C/CBr. The molecule has 0 aliphatic heterocycles. The molecular formula is C26H21BrClFN4O3. The standard InChI is InChI=1S/C26H21BrClFN4O3/c1-35-24-13-21-19(12-22(24)33-25(34)6-3-9-27)26(31-15-30-21)32-18-7-8-23(20(28)11-18)36-14-16-4-2-5-17(29)10-16/h2-8,10-13,15H,9,14H2,1H3,(H,33,34)(H,30,31,32)/b6-3+. The van der Waals surface area contributed by atoms with Crippen LogP contribution in [0.25, 0.3) is 10.9 Å². The van der Waals surface area contributed by atoms with Gasteiger partial charge in [-0.2, -0.15) is 0 Å². The number of methoxy groups -OCH3 is 1. The molecule has 0 unspecified atom stereocenters. The van der Waals surface area contributed by atoms with E-state index in [2.05, 4.69) is 36.5 Å². The van der Waals surface area contributed by atoms with E-state index in [1.807, 2.05) is 0 Å². The van der Waals surface area contributed by atoms with E-state index in [-0.39, 0.29) is 18.3 Å². The fourth-order valence-electron chi connectivity index (χ4n) is 3.40. The Labute approximate surface area is 220 Å². The van der Waals surface area contributed by atoms with E-state index in [1.165, 1.54) is 31.6 Å². The number of hydrogen-bond acceptors (Lipinski definition) is 6. The van der Waals surface area contributed by atoms with Crippen molar-refractivity contribution in [3.8, 4) is 11.5 Å². The molecule has 1 amide bonds. The van der Waals surface area contributed by atoms with Crippen molar-refractivity contribution in [1.29, 1.82) is 0 Å².